The Kier molecular flexibility index (Phi) is 8.64. The summed E-state index contributed by atoms with van der Waals surface area (Å²) in [6, 6.07) is 10.7. The fraction of sp³-hybridized carbons (Fsp3) is 0.345. The molecular weight excluding hydrogens is 533 g/mol. The zero-order chi connectivity index (χ0) is 27.4. The second-order valence-corrected chi connectivity index (χ2v) is 11.4. The Balaban J connectivity index is 1.33. The number of rotatable bonds is 10. The molecular formula is C29H32FN5O2S2. The Hall–Kier alpha value is -3.21. The van der Waals surface area contributed by atoms with Crippen molar-refractivity contribution in [2.75, 3.05) is 37.4 Å². The van der Waals surface area contributed by atoms with Crippen molar-refractivity contribution in [2.24, 2.45) is 0 Å². The van der Waals surface area contributed by atoms with Crippen molar-refractivity contribution in [2.45, 2.75) is 33.1 Å². The molecule has 5 rings (SSSR count). The van der Waals surface area contributed by atoms with Crippen LogP contribution in [0.2, 0.25) is 0 Å². The lowest BCUT2D eigenvalue weighted by molar-refractivity contribution is -0.140. The minimum atomic E-state index is -0.253. The summed E-state index contributed by atoms with van der Waals surface area (Å²) in [5.41, 5.74) is 6.18. The largest absolute Gasteiger partial charge is 0.466 e. The predicted molar refractivity (Wildman–Crippen MR) is 158 cm³/mol. The van der Waals surface area contributed by atoms with E-state index in [-0.39, 0.29) is 11.8 Å². The third-order valence-corrected chi connectivity index (χ3v) is 8.73. The van der Waals surface area contributed by atoms with Gasteiger partial charge in [-0.25, -0.2) is 18.7 Å². The molecule has 0 aliphatic carbocycles. The van der Waals surface area contributed by atoms with Crippen molar-refractivity contribution >= 4 is 51.4 Å². The number of carbonyl (C=O) groups is 1. The van der Waals surface area contributed by atoms with Gasteiger partial charge < -0.3 is 9.64 Å². The lowest BCUT2D eigenvalue weighted by atomic mass is 10.0. The van der Waals surface area contributed by atoms with Crippen molar-refractivity contribution in [3.8, 4) is 11.3 Å². The number of hydrogen-bond acceptors (Lipinski definition) is 8. The molecule has 1 aromatic carbocycles. The number of esters is 1. The quantitative estimate of drug-likeness (QED) is 0.122. The van der Waals surface area contributed by atoms with E-state index in [2.05, 4.69) is 44.9 Å². The molecule has 0 radical (unpaired) electrons. The summed E-state index contributed by atoms with van der Waals surface area (Å²) in [7, 11) is 2.03. The minimum Gasteiger partial charge on any atom is -0.466 e. The molecule has 0 atom stereocenters. The van der Waals surface area contributed by atoms with Gasteiger partial charge in [-0.2, -0.15) is 0 Å². The highest BCUT2D eigenvalue weighted by atomic mass is 32.2. The number of ether oxygens (including phenoxy) is 1. The summed E-state index contributed by atoms with van der Waals surface area (Å²) < 4.78 is 22.9. The summed E-state index contributed by atoms with van der Waals surface area (Å²) in [6.45, 7) is 5.90. The Labute approximate surface area is 236 Å². The van der Waals surface area contributed by atoms with Gasteiger partial charge in [-0.05, 0) is 66.8 Å². The molecule has 0 unspecified atom stereocenters. The number of thiazole rings is 1. The number of benzene rings is 1. The van der Waals surface area contributed by atoms with Gasteiger partial charge in [-0.1, -0.05) is 24.9 Å². The van der Waals surface area contributed by atoms with E-state index >= 15 is 0 Å². The van der Waals surface area contributed by atoms with Crippen LogP contribution in [0.15, 0.2) is 54.1 Å². The number of aryl methyl sites for hydroxylation is 1. The highest BCUT2D eigenvalue weighted by Gasteiger charge is 2.20. The van der Waals surface area contributed by atoms with Crippen molar-refractivity contribution in [3.63, 3.8) is 0 Å². The average Bonchev–Trinajstić information content (AvgIpc) is 3.58. The molecule has 0 bridgehead atoms. The molecule has 0 fully saturated rings. The molecule has 0 saturated heterocycles. The lowest BCUT2D eigenvalue weighted by Gasteiger charge is -2.25. The molecule has 4 aromatic rings. The van der Waals surface area contributed by atoms with Crippen molar-refractivity contribution in [3.05, 3.63) is 71.1 Å². The van der Waals surface area contributed by atoms with Crippen LogP contribution in [-0.2, 0) is 16.0 Å². The monoisotopic (exact) mass is 565 g/mol. The van der Waals surface area contributed by atoms with Gasteiger partial charge in [-0.3, -0.25) is 9.20 Å². The summed E-state index contributed by atoms with van der Waals surface area (Å²) >= 11 is 3.37. The van der Waals surface area contributed by atoms with Gasteiger partial charge >= 0.3 is 5.97 Å². The van der Waals surface area contributed by atoms with Crippen molar-refractivity contribution < 1.29 is 13.9 Å². The molecule has 39 heavy (non-hydrogen) atoms. The highest BCUT2D eigenvalue weighted by Crippen LogP contribution is 2.35. The van der Waals surface area contributed by atoms with E-state index in [0.717, 1.165) is 71.7 Å². The second kappa shape index (κ2) is 12.3. The van der Waals surface area contributed by atoms with Gasteiger partial charge in [0.2, 0.25) is 0 Å². The van der Waals surface area contributed by atoms with E-state index in [1.54, 1.807) is 23.5 Å². The highest BCUT2D eigenvalue weighted by molar-refractivity contribution is 7.97. The summed E-state index contributed by atoms with van der Waals surface area (Å²) in [6.07, 6.45) is 7.13. The zero-order valence-corrected chi connectivity index (χ0v) is 24.0. The van der Waals surface area contributed by atoms with E-state index in [1.165, 1.54) is 30.2 Å². The van der Waals surface area contributed by atoms with E-state index < -0.39 is 0 Å². The molecule has 0 amide bonds. The number of halogens is 1. The first-order valence-corrected chi connectivity index (χ1v) is 14.9. The first-order valence-electron chi connectivity index (χ1n) is 13.1. The molecule has 0 saturated carbocycles. The summed E-state index contributed by atoms with van der Waals surface area (Å²) in [5.74, 6) is 1.47. The Morgan fingerprint density at radius 3 is 2.69 bits per heavy atom. The number of aromatic nitrogens is 3. The molecule has 204 valence electrons. The van der Waals surface area contributed by atoms with E-state index in [4.69, 9.17) is 14.7 Å². The van der Waals surface area contributed by atoms with Crippen LogP contribution in [0.3, 0.4) is 0 Å². The molecule has 10 heteroatoms. The van der Waals surface area contributed by atoms with Crippen LogP contribution in [0.1, 0.15) is 37.9 Å². The van der Waals surface area contributed by atoms with Crippen LogP contribution in [-0.4, -0.2) is 57.1 Å². The van der Waals surface area contributed by atoms with E-state index in [9.17, 15) is 9.18 Å². The fourth-order valence-corrected chi connectivity index (χ4v) is 6.33. The lowest BCUT2D eigenvalue weighted by Crippen LogP contribution is -2.22. The number of anilines is 2. The molecule has 0 spiro atoms. The van der Waals surface area contributed by atoms with Gasteiger partial charge in [0.15, 0.2) is 5.13 Å². The van der Waals surface area contributed by atoms with E-state index in [0.29, 0.717) is 6.61 Å². The van der Waals surface area contributed by atoms with Crippen LogP contribution in [0, 0.1) is 5.82 Å². The fourth-order valence-electron chi connectivity index (χ4n) is 4.62. The van der Waals surface area contributed by atoms with Crippen LogP contribution in [0.25, 0.3) is 22.5 Å². The number of pyridine rings is 1. The topological polar surface area (TPSA) is 63.0 Å². The zero-order valence-electron chi connectivity index (χ0n) is 22.4. The SMILES string of the molecule is CCc1nc2ccc(C3=CCN(SCCCOC(C)=O)CC3)cn2c1N(C)c1nc(-c2ccc(F)cc2)cs1. The van der Waals surface area contributed by atoms with Crippen LogP contribution >= 0.6 is 23.3 Å². The number of fused-ring (bicyclic) bond motifs is 1. The van der Waals surface area contributed by atoms with Gasteiger partial charge in [0.25, 0.3) is 0 Å². The Morgan fingerprint density at radius 1 is 1.18 bits per heavy atom. The maximum atomic E-state index is 13.4. The molecule has 7 nitrogen and oxygen atoms in total. The normalized spacial score (nSPS) is 14.0. The maximum Gasteiger partial charge on any atom is 0.302 e. The van der Waals surface area contributed by atoms with Crippen molar-refractivity contribution in [1.82, 2.24) is 18.7 Å². The smallest absolute Gasteiger partial charge is 0.302 e. The van der Waals surface area contributed by atoms with Gasteiger partial charge in [0, 0.05) is 50.0 Å². The van der Waals surface area contributed by atoms with Crippen LogP contribution in [0.4, 0.5) is 15.3 Å². The third kappa shape index (κ3) is 6.34. The summed E-state index contributed by atoms with van der Waals surface area (Å²) in [5, 5.41) is 2.86. The number of carbonyl (C=O) groups excluding carboxylic acids is 1. The van der Waals surface area contributed by atoms with Gasteiger partial charge in [-0.15, -0.1) is 11.3 Å². The second-order valence-electron chi connectivity index (χ2n) is 9.36. The first kappa shape index (κ1) is 27.4. The molecule has 1 aliphatic rings. The maximum absolute atomic E-state index is 13.4. The predicted octanol–water partition coefficient (Wildman–Crippen LogP) is 6.62. The van der Waals surface area contributed by atoms with Gasteiger partial charge in [0.1, 0.15) is 17.3 Å². The average molecular weight is 566 g/mol. The van der Waals surface area contributed by atoms with E-state index in [1.807, 2.05) is 24.4 Å². The minimum absolute atomic E-state index is 0.220. The standard InChI is InChI=1S/C29H32FN5O2S2/c1-4-25-28(33(3)29-32-26(19-38-29)22-6-9-24(30)10-7-22)35-18-23(8-11-27(35)31-25)21-12-14-34(15-13-21)39-17-5-16-37-20(2)36/h6-12,18-19H,4-5,13-17H2,1-3H3. The Bertz CT molecular complexity index is 1480. The van der Waals surface area contributed by atoms with Crippen LogP contribution < -0.4 is 4.90 Å². The summed E-state index contributed by atoms with van der Waals surface area (Å²) in [4.78, 5) is 22.8. The van der Waals surface area contributed by atoms with Crippen LogP contribution in [0.5, 0.6) is 0 Å². The van der Waals surface area contributed by atoms with Gasteiger partial charge in [0.05, 0.1) is 18.0 Å². The Morgan fingerprint density at radius 2 is 1.97 bits per heavy atom. The first-order chi connectivity index (χ1) is 18.9. The number of nitrogens with zero attached hydrogens (tertiary/aromatic N) is 5. The molecule has 1 aliphatic heterocycles. The number of imidazole rings is 1. The molecule has 4 heterocycles. The molecule has 0 N–H and O–H groups in total. The molecule has 3 aromatic heterocycles. The number of hydrogen-bond donors (Lipinski definition) is 0. The van der Waals surface area contributed by atoms with Crippen molar-refractivity contribution in [1.29, 1.82) is 0 Å². The third-order valence-electron chi connectivity index (χ3n) is 6.64.